The first kappa shape index (κ1) is 16.2. The maximum Gasteiger partial charge on any atom is 0.324 e. The van der Waals surface area contributed by atoms with E-state index in [1.54, 1.807) is 0 Å². The van der Waals surface area contributed by atoms with Crippen LogP contribution in [0, 0.1) is 30.3 Å². The summed E-state index contributed by atoms with van der Waals surface area (Å²) in [4.78, 5) is 31.3. The maximum atomic E-state index is 10.4. The number of rotatable bonds is 3. The lowest BCUT2D eigenvalue weighted by atomic mass is 10.2. The number of phenols is 1. The fraction of sp³-hybridized carbons (Fsp3) is 0. The molecule has 2 aromatic rings. The molecule has 0 aliphatic carbocycles. The molecule has 14 nitrogen and oxygen atoms in total. The number of anilines is 1. The number of aromatic hydroxyl groups is 1. The van der Waals surface area contributed by atoms with Gasteiger partial charge in [0.15, 0.2) is 0 Å². The van der Waals surface area contributed by atoms with Gasteiger partial charge in [-0.3, -0.25) is 30.3 Å². The SMILES string of the molecule is Nc1ncn[nH]1.O=[N+]([O-])c1cc([N+](=O)[O-])c(O)c([N+](=O)[O-])c1. The second-order valence-electron chi connectivity index (χ2n) is 3.47. The quantitative estimate of drug-likeness (QED) is 0.526. The largest absolute Gasteiger partial charge is 0.497 e. The highest BCUT2D eigenvalue weighted by Gasteiger charge is 2.30. The van der Waals surface area contributed by atoms with E-state index in [9.17, 15) is 30.3 Å². The van der Waals surface area contributed by atoms with Crippen molar-refractivity contribution in [2.24, 2.45) is 0 Å². The molecule has 0 aliphatic rings. The number of hydrogen-bond acceptors (Lipinski definition) is 10. The Morgan fingerprint density at radius 1 is 1.05 bits per heavy atom. The van der Waals surface area contributed by atoms with Crippen LogP contribution in [0.2, 0.25) is 0 Å². The summed E-state index contributed by atoms with van der Waals surface area (Å²) in [6.45, 7) is 0. The standard InChI is InChI=1S/C6H3N3O7.C2H4N4/c10-6-4(8(13)14)1-3(7(11)12)2-5(6)9(15)16;3-2-4-1-5-6-2/h1-2,10H;1H,(H3,3,4,5,6). The molecular weight excluding hydrogens is 306 g/mol. The number of nitrogens with two attached hydrogens (primary N) is 1. The Labute approximate surface area is 119 Å². The van der Waals surface area contributed by atoms with Crippen molar-refractivity contribution in [3.8, 4) is 5.75 Å². The van der Waals surface area contributed by atoms with Crippen LogP contribution in [0.3, 0.4) is 0 Å². The Kier molecular flexibility index (Phi) is 4.83. The van der Waals surface area contributed by atoms with E-state index in [1.165, 1.54) is 6.33 Å². The van der Waals surface area contributed by atoms with Crippen LogP contribution in [0.25, 0.3) is 0 Å². The average Bonchev–Trinajstić information content (AvgIpc) is 2.89. The highest BCUT2D eigenvalue weighted by molar-refractivity contribution is 5.64. The van der Waals surface area contributed by atoms with Crippen LogP contribution in [0.1, 0.15) is 0 Å². The summed E-state index contributed by atoms with van der Waals surface area (Å²) in [7, 11) is 0. The summed E-state index contributed by atoms with van der Waals surface area (Å²) in [6, 6.07) is 0.894. The summed E-state index contributed by atoms with van der Waals surface area (Å²) < 4.78 is 0. The third-order valence-corrected chi connectivity index (χ3v) is 2.09. The molecule has 1 aromatic heterocycles. The van der Waals surface area contributed by atoms with Crippen molar-refractivity contribution in [3.63, 3.8) is 0 Å². The molecule has 2 rings (SSSR count). The van der Waals surface area contributed by atoms with Crippen molar-refractivity contribution in [2.75, 3.05) is 5.73 Å². The van der Waals surface area contributed by atoms with Crippen molar-refractivity contribution in [2.45, 2.75) is 0 Å². The Balaban J connectivity index is 0.000000335. The average molecular weight is 313 g/mol. The van der Waals surface area contributed by atoms with E-state index < -0.39 is 37.6 Å². The molecule has 22 heavy (non-hydrogen) atoms. The number of nitro benzene ring substituents is 3. The summed E-state index contributed by atoms with van der Waals surface area (Å²) in [5.41, 5.74) is 2.05. The first-order chi connectivity index (χ1) is 10.2. The Bertz CT molecular complexity index is 679. The monoisotopic (exact) mass is 313 g/mol. The van der Waals surface area contributed by atoms with E-state index in [0.717, 1.165) is 0 Å². The van der Waals surface area contributed by atoms with Crippen LogP contribution in [-0.2, 0) is 0 Å². The predicted octanol–water partition coefficient (Wildman–Crippen LogP) is 0.504. The third-order valence-electron chi connectivity index (χ3n) is 2.09. The summed E-state index contributed by atoms with van der Waals surface area (Å²) >= 11 is 0. The summed E-state index contributed by atoms with van der Waals surface area (Å²) in [5, 5.41) is 46.1. The number of nitro groups is 3. The zero-order chi connectivity index (χ0) is 16.9. The molecular formula is C8H7N7O7. The molecule has 0 aliphatic heterocycles. The Morgan fingerprint density at radius 2 is 1.55 bits per heavy atom. The van der Waals surface area contributed by atoms with Crippen LogP contribution in [0.15, 0.2) is 18.5 Å². The van der Waals surface area contributed by atoms with Crippen LogP contribution in [0.5, 0.6) is 5.75 Å². The number of aromatic amines is 1. The highest BCUT2D eigenvalue weighted by atomic mass is 16.6. The fourth-order valence-electron chi connectivity index (χ4n) is 1.19. The topological polar surface area (TPSA) is 217 Å². The van der Waals surface area contributed by atoms with Gasteiger partial charge in [0.25, 0.3) is 11.4 Å². The lowest BCUT2D eigenvalue weighted by molar-refractivity contribution is -0.404. The van der Waals surface area contributed by atoms with Gasteiger partial charge in [0.2, 0.25) is 5.95 Å². The molecule has 0 radical (unpaired) electrons. The number of aromatic nitrogens is 3. The van der Waals surface area contributed by atoms with E-state index in [-0.39, 0.29) is 0 Å². The molecule has 1 aromatic carbocycles. The van der Waals surface area contributed by atoms with Gasteiger partial charge in [0.05, 0.1) is 26.9 Å². The van der Waals surface area contributed by atoms with Crippen molar-refractivity contribution in [1.82, 2.24) is 15.2 Å². The number of benzene rings is 1. The number of nitrogens with zero attached hydrogens (tertiary/aromatic N) is 5. The van der Waals surface area contributed by atoms with Gasteiger partial charge in [-0.15, -0.1) is 0 Å². The van der Waals surface area contributed by atoms with Gasteiger partial charge in [0, 0.05) is 0 Å². The minimum Gasteiger partial charge on any atom is -0.497 e. The summed E-state index contributed by atoms with van der Waals surface area (Å²) in [5.74, 6) is -0.851. The Morgan fingerprint density at radius 3 is 1.77 bits per heavy atom. The minimum absolute atomic E-state index is 0.356. The number of hydrogen-bond donors (Lipinski definition) is 3. The van der Waals surface area contributed by atoms with E-state index in [1.807, 2.05) is 0 Å². The lowest BCUT2D eigenvalue weighted by Gasteiger charge is -1.97. The van der Waals surface area contributed by atoms with E-state index >= 15 is 0 Å². The molecule has 4 N–H and O–H groups in total. The molecule has 0 unspecified atom stereocenters. The number of nitrogen functional groups attached to an aromatic ring is 1. The molecule has 0 spiro atoms. The van der Waals surface area contributed by atoms with Crippen LogP contribution in [-0.4, -0.2) is 35.1 Å². The van der Waals surface area contributed by atoms with Gasteiger partial charge < -0.3 is 10.8 Å². The predicted molar refractivity (Wildman–Crippen MR) is 68.9 cm³/mol. The Hall–Kier alpha value is -3.84. The maximum absolute atomic E-state index is 10.4. The minimum atomic E-state index is -1.21. The number of non-ortho nitro benzene ring substituents is 1. The van der Waals surface area contributed by atoms with Gasteiger partial charge in [0.1, 0.15) is 6.33 Å². The molecule has 14 heteroatoms. The smallest absolute Gasteiger partial charge is 0.324 e. The second-order valence-corrected chi connectivity index (χ2v) is 3.47. The molecule has 0 amide bonds. The van der Waals surface area contributed by atoms with Gasteiger partial charge >= 0.3 is 11.4 Å². The van der Waals surface area contributed by atoms with E-state index in [0.29, 0.717) is 18.1 Å². The molecule has 0 bridgehead atoms. The molecule has 0 saturated carbocycles. The van der Waals surface area contributed by atoms with Gasteiger partial charge in [-0.25, -0.2) is 10.1 Å². The van der Waals surface area contributed by atoms with Crippen LogP contribution < -0.4 is 5.73 Å². The van der Waals surface area contributed by atoms with Crippen LogP contribution >= 0.6 is 0 Å². The second kappa shape index (κ2) is 6.55. The van der Waals surface area contributed by atoms with Crippen molar-refractivity contribution >= 4 is 23.0 Å². The first-order valence-corrected chi connectivity index (χ1v) is 5.15. The normalized spacial score (nSPS) is 9.45. The molecule has 0 fully saturated rings. The lowest BCUT2D eigenvalue weighted by Crippen LogP contribution is -1.97. The van der Waals surface area contributed by atoms with Gasteiger partial charge in [-0.05, 0) is 0 Å². The third kappa shape index (κ3) is 3.83. The van der Waals surface area contributed by atoms with Gasteiger partial charge in [-0.2, -0.15) is 5.10 Å². The van der Waals surface area contributed by atoms with Crippen LogP contribution in [0.4, 0.5) is 23.0 Å². The number of nitrogens with one attached hydrogen (secondary N) is 1. The van der Waals surface area contributed by atoms with Crippen molar-refractivity contribution < 1.29 is 19.9 Å². The number of phenolic OH excluding ortho intramolecular Hbond substituents is 1. The zero-order valence-corrected chi connectivity index (χ0v) is 10.4. The zero-order valence-electron chi connectivity index (χ0n) is 10.4. The van der Waals surface area contributed by atoms with Crippen molar-refractivity contribution in [1.29, 1.82) is 0 Å². The van der Waals surface area contributed by atoms with E-state index in [2.05, 4.69) is 15.2 Å². The van der Waals surface area contributed by atoms with Gasteiger partial charge in [-0.1, -0.05) is 0 Å². The van der Waals surface area contributed by atoms with E-state index in [4.69, 9.17) is 10.8 Å². The molecule has 116 valence electrons. The first-order valence-electron chi connectivity index (χ1n) is 5.15. The molecule has 0 saturated heterocycles. The van der Waals surface area contributed by atoms with Crippen molar-refractivity contribution in [3.05, 3.63) is 48.8 Å². The highest BCUT2D eigenvalue weighted by Crippen LogP contribution is 2.38. The number of H-pyrrole nitrogens is 1. The fourth-order valence-corrected chi connectivity index (χ4v) is 1.19. The molecule has 1 heterocycles. The summed E-state index contributed by atoms with van der Waals surface area (Å²) in [6.07, 6.45) is 1.36. The molecule has 0 atom stereocenters.